The van der Waals surface area contributed by atoms with Gasteiger partial charge in [-0.25, -0.2) is 4.98 Å². The minimum Gasteiger partial charge on any atom is -0.481 e. The maximum absolute atomic E-state index is 14.4. The first-order valence-corrected chi connectivity index (χ1v) is 32.6. The van der Waals surface area contributed by atoms with Crippen LogP contribution in [0, 0.1) is 29.6 Å². The highest BCUT2D eigenvalue weighted by atomic mass is 32.1. The molecule has 0 saturated heterocycles. The number of carbonyl (C=O) groups is 10. The van der Waals surface area contributed by atoms with Crippen molar-refractivity contribution >= 4 is 76.3 Å². The third-order valence-electron chi connectivity index (χ3n) is 15.3. The molecule has 0 aliphatic carbocycles. The van der Waals surface area contributed by atoms with E-state index in [2.05, 4.69) is 54.0 Å². The number of anilines is 1. The first-order chi connectivity index (χ1) is 44.6. The van der Waals surface area contributed by atoms with Crippen molar-refractivity contribution in [1.82, 2.24) is 46.7 Å². The largest absolute Gasteiger partial charge is 0.481 e. The molecule has 0 bridgehead atoms. The van der Waals surface area contributed by atoms with E-state index < -0.39 is 95.7 Å². The summed E-state index contributed by atoms with van der Waals surface area (Å²) in [5.41, 5.74) is -0.484. The average Bonchev–Trinajstić information content (AvgIpc) is 1.24. The molecule has 3 rings (SSSR count). The molecule has 0 fully saturated rings. The summed E-state index contributed by atoms with van der Waals surface area (Å²) in [6, 6.07) is 1.55. The highest BCUT2D eigenvalue weighted by molar-refractivity contribution is 7.09. The van der Waals surface area contributed by atoms with Crippen LogP contribution in [0.15, 0.2) is 23.6 Å². The van der Waals surface area contributed by atoms with E-state index in [9.17, 15) is 53.1 Å². The van der Waals surface area contributed by atoms with Crippen molar-refractivity contribution in [3.05, 3.63) is 39.8 Å². The molecule has 526 valence electrons. The van der Waals surface area contributed by atoms with E-state index in [-0.39, 0.29) is 137 Å². The lowest BCUT2D eigenvalue weighted by molar-refractivity contribution is -0.149. The first kappa shape index (κ1) is 81.0. The highest BCUT2D eigenvalue weighted by Gasteiger charge is 2.39. The van der Waals surface area contributed by atoms with Gasteiger partial charge in [0, 0.05) is 69.4 Å². The van der Waals surface area contributed by atoms with Crippen LogP contribution in [0.3, 0.4) is 0 Å². The van der Waals surface area contributed by atoms with Crippen molar-refractivity contribution in [2.24, 2.45) is 17.8 Å². The lowest BCUT2D eigenvalue weighted by atomic mass is 9.92. The van der Waals surface area contributed by atoms with Gasteiger partial charge >= 0.3 is 17.9 Å². The number of rotatable bonds is 19. The quantitative estimate of drug-likeness (QED) is 0.0566. The molecule has 29 nitrogen and oxygen atoms in total. The molecular weight excluding hydrogens is 1240 g/mol. The molecule has 1 aliphatic rings. The second-order valence-electron chi connectivity index (χ2n) is 23.6. The number of carbonyl (C=O) groups excluding carboxylic acids is 9. The number of carboxylic acids is 1. The van der Waals surface area contributed by atoms with E-state index in [0.29, 0.717) is 51.4 Å². The van der Waals surface area contributed by atoms with E-state index in [1.165, 1.54) is 31.4 Å². The molecule has 0 saturated carbocycles. The minimum atomic E-state index is -1.13. The van der Waals surface area contributed by atoms with Crippen LogP contribution in [0.4, 0.5) is 5.69 Å². The molecule has 2 aromatic rings. The number of hydrogen-bond acceptors (Lipinski definition) is 22. The Morgan fingerprint density at radius 1 is 0.787 bits per heavy atom. The Morgan fingerprint density at radius 3 is 1.91 bits per heavy atom. The fourth-order valence-electron chi connectivity index (χ4n) is 8.97. The summed E-state index contributed by atoms with van der Waals surface area (Å²) in [6.45, 7) is 18.4. The molecule has 2 unspecified atom stereocenters. The van der Waals surface area contributed by atoms with Gasteiger partial charge < -0.3 is 85.1 Å². The predicted octanol–water partition coefficient (Wildman–Crippen LogP) is 2.01. The number of likely N-dealkylation sites (N-methyl/N-ethyl adjacent to an activating group) is 2. The summed E-state index contributed by atoms with van der Waals surface area (Å²) in [5.74, 6) is -3.25. The van der Waals surface area contributed by atoms with Gasteiger partial charge in [-0.05, 0) is 90.2 Å². The molecule has 0 radical (unpaired) electrons. The van der Waals surface area contributed by atoms with Crippen molar-refractivity contribution < 1.29 is 90.9 Å². The average molecular weight is 1350 g/mol. The molecule has 1 aromatic carbocycles. The lowest BCUT2D eigenvalue weighted by Crippen LogP contribution is -2.60. The van der Waals surface area contributed by atoms with Crippen molar-refractivity contribution in [2.75, 3.05) is 132 Å². The molecule has 94 heavy (non-hydrogen) atoms. The number of thiazole rings is 1. The number of ether oxygens (including phenoxy) is 8. The zero-order valence-electron chi connectivity index (χ0n) is 56.5. The van der Waals surface area contributed by atoms with Gasteiger partial charge in [0.2, 0.25) is 23.6 Å². The summed E-state index contributed by atoms with van der Waals surface area (Å²) in [4.78, 5) is 139. The van der Waals surface area contributed by atoms with Crippen LogP contribution in [0.1, 0.15) is 122 Å². The summed E-state index contributed by atoms with van der Waals surface area (Å²) >= 11 is 1.06. The molecule has 1 aliphatic heterocycles. The lowest BCUT2D eigenvalue weighted by Gasteiger charge is -2.38. The number of nitrogens with zero attached hydrogens (tertiary/aromatic N) is 3. The number of fused-ring (bicyclic) bond motifs is 1. The molecular formula is C64H100N10O19S. The third kappa shape index (κ3) is 30.9. The van der Waals surface area contributed by atoms with Crippen LogP contribution in [0.2, 0.25) is 0 Å². The van der Waals surface area contributed by atoms with Crippen LogP contribution >= 0.6 is 11.3 Å². The molecule has 1 aromatic heterocycles. The fraction of sp³-hybridized carbons (Fsp3) is 0.672. The minimum absolute atomic E-state index is 0.00104. The van der Waals surface area contributed by atoms with Crippen molar-refractivity contribution in [1.29, 1.82) is 0 Å². The summed E-state index contributed by atoms with van der Waals surface area (Å²) in [7, 11) is 5.21. The first-order valence-electron chi connectivity index (χ1n) is 31.7. The van der Waals surface area contributed by atoms with E-state index in [0.717, 1.165) is 11.3 Å². The Morgan fingerprint density at radius 2 is 1.36 bits per heavy atom. The van der Waals surface area contributed by atoms with Gasteiger partial charge in [-0.15, -0.1) is 11.3 Å². The summed E-state index contributed by atoms with van der Waals surface area (Å²) in [6.07, 6.45) is -0.0363. The van der Waals surface area contributed by atoms with Gasteiger partial charge in [0.05, 0.1) is 109 Å². The Kier molecular flexibility index (Phi) is 37.7. The number of esters is 2. The number of aromatic nitrogens is 1. The molecule has 8 N–H and O–H groups in total. The summed E-state index contributed by atoms with van der Waals surface area (Å²) < 4.78 is 44.6. The SMILES string of the molecule is CC[C@H](C)[C@H](NC(=O)C(C)(C)N(C)C)C(=O)N(C)[C@H](C[C@@H](OC(C)=O)c1nc(C(=O)N[C@@H](Cc2ccc3c(c2)NC(=O)CNC(=O)C(C)NCCCOCCOCCOCCNC(=O)C#CC(=O)NCCOCCOCCOCCC(=O)O3)CC(C)C(=O)O)cs1)C(C)C. The van der Waals surface area contributed by atoms with Gasteiger partial charge in [0.25, 0.3) is 17.7 Å². The van der Waals surface area contributed by atoms with E-state index in [1.54, 1.807) is 57.8 Å². The highest BCUT2D eigenvalue weighted by Crippen LogP contribution is 2.32. The van der Waals surface area contributed by atoms with Crippen LogP contribution < -0.4 is 42.0 Å². The maximum atomic E-state index is 14.4. The van der Waals surface area contributed by atoms with Gasteiger partial charge in [-0.1, -0.05) is 47.1 Å². The molecule has 7 atom stereocenters. The summed E-state index contributed by atoms with van der Waals surface area (Å²) in [5, 5.41) is 31.1. The Bertz CT molecular complexity index is 2830. The van der Waals surface area contributed by atoms with Crippen LogP contribution in [0.25, 0.3) is 0 Å². The van der Waals surface area contributed by atoms with Gasteiger partial charge in [0.1, 0.15) is 16.7 Å². The van der Waals surface area contributed by atoms with Crippen molar-refractivity contribution in [3.8, 4) is 17.6 Å². The standard InChI is InChI=1S/C64H100N10O19S/c1-13-42(4)57(72-63(85)64(8,9)73(10)11)61(82)74(12)50(41(2)3)38-52(92-45(7)75)60-71-49(40-94-60)59(81)69-47(35-43(5)62(83)84)36-46-15-16-51-48(37-46)70-55(78)39-68-58(80)44(6)65-20-14-23-86-27-31-90-33-29-88-25-21-66-53(76)17-18-54(77)67-22-26-89-30-34-91-32-28-87-24-19-56(79)93-51/h15-16,37,40-44,47,50,52,57,65H,13-14,19-36,38-39H2,1-12H3,(H,66,76)(H,67,77)(H,68,80)(H,69,81)(H,70,78)(H,72,85)(H,83,84)/t42-,43?,44?,47+,50+,52+,57-/m0/s1. The molecule has 7 amide bonds. The number of hydrogen-bond donors (Lipinski definition) is 8. The Labute approximate surface area is 555 Å². The van der Waals surface area contributed by atoms with Gasteiger partial charge in [-0.3, -0.25) is 52.8 Å². The fourth-order valence-corrected chi connectivity index (χ4v) is 9.81. The van der Waals surface area contributed by atoms with E-state index in [4.69, 9.17) is 37.9 Å². The van der Waals surface area contributed by atoms with E-state index in [1.807, 2.05) is 27.7 Å². The van der Waals surface area contributed by atoms with Gasteiger partial charge in [0.15, 0.2) is 11.9 Å². The Balaban J connectivity index is 1.82. The molecule has 0 spiro atoms. The normalized spacial score (nSPS) is 19.0. The van der Waals surface area contributed by atoms with Crippen LogP contribution in [0.5, 0.6) is 5.75 Å². The van der Waals surface area contributed by atoms with Crippen molar-refractivity contribution in [3.63, 3.8) is 0 Å². The number of carboxylic acid groups (broad SMARTS) is 1. The topological polar surface area (TPSA) is 368 Å². The second-order valence-corrected chi connectivity index (χ2v) is 24.5. The third-order valence-corrected chi connectivity index (χ3v) is 16.2. The number of amides is 7. The molecule has 2 heterocycles. The number of aliphatic carboxylic acids is 1. The van der Waals surface area contributed by atoms with Gasteiger partial charge in [-0.2, -0.15) is 0 Å². The van der Waals surface area contributed by atoms with Crippen LogP contribution in [-0.4, -0.2) is 235 Å². The molecule has 30 heteroatoms. The zero-order valence-corrected chi connectivity index (χ0v) is 57.3. The predicted molar refractivity (Wildman–Crippen MR) is 347 cm³/mol. The van der Waals surface area contributed by atoms with Crippen molar-refractivity contribution in [2.45, 2.75) is 137 Å². The van der Waals surface area contributed by atoms with Crippen LogP contribution in [-0.2, 0) is 82.7 Å². The smallest absolute Gasteiger partial charge is 0.313 e. The zero-order chi connectivity index (χ0) is 69.8. The second kappa shape index (κ2) is 43.7. The number of benzene rings is 1. The maximum Gasteiger partial charge on any atom is 0.313 e. The monoisotopic (exact) mass is 1340 g/mol. The van der Waals surface area contributed by atoms with E-state index >= 15 is 0 Å². The number of nitrogens with one attached hydrogen (secondary N) is 7. The Hall–Kier alpha value is -7.21.